The van der Waals surface area contributed by atoms with Crippen LogP contribution in [0, 0.1) is 17.0 Å². The molecule has 0 aliphatic rings. The highest BCUT2D eigenvalue weighted by atomic mass is 79.9. The van der Waals surface area contributed by atoms with E-state index in [4.69, 9.17) is 9.47 Å². The Morgan fingerprint density at radius 2 is 2.00 bits per heavy atom. The predicted octanol–water partition coefficient (Wildman–Crippen LogP) is 4.25. The molecule has 2 aromatic rings. The lowest BCUT2D eigenvalue weighted by Crippen LogP contribution is -1.98. The molecule has 0 saturated heterocycles. The number of halogens is 1. The number of nitro benzene ring substituents is 1. The van der Waals surface area contributed by atoms with E-state index in [-0.39, 0.29) is 5.69 Å². The summed E-state index contributed by atoms with van der Waals surface area (Å²) >= 11 is 3.42. The van der Waals surface area contributed by atoms with Gasteiger partial charge in [0.2, 0.25) is 0 Å². The van der Waals surface area contributed by atoms with E-state index >= 15 is 0 Å². The van der Waals surface area contributed by atoms with Crippen molar-refractivity contribution in [2.75, 3.05) is 7.11 Å². The number of benzene rings is 2. The minimum Gasteiger partial charge on any atom is -0.496 e. The molecule has 0 N–H and O–H groups in total. The maximum atomic E-state index is 10.8. The molecule has 0 heterocycles. The quantitative estimate of drug-likeness (QED) is 0.596. The Hall–Kier alpha value is -2.08. The number of rotatable bonds is 5. The molecule has 2 aromatic carbocycles. The van der Waals surface area contributed by atoms with Crippen LogP contribution in [0.3, 0.4) is 0 Å². The minimum atomic E-state index is -0.403. The Bertz CT molecular complexity index is 673. The predicted molar refractivity (Wildman–Crippen MR) is 82.9 cm³/mol. The lowest BCUT2D eigenvalue weighted by molar-refractivity contribution is -0.385. The van der Waals surface area contributed by atoms with Gasteiger partial charge < -0.3 is 9.47 Å². The molecule has 5 nitrogen and oxygen atoms in total. The van der Waals surface area contributed by atoms with Crippen LogP contribution >= 0.6 is 15.9 Å². The summed E-state index contributed by atoms with van der Waals surface area (Å²) in [5.41, 5.74) is 1.64. The lowest BCUT2D eigenvalue weighted by atomic mass is 10.2. The van der Waals surface area contributed by atoms with Crippen LogP contribution in [0.4, 0.5) is 5.69 Å². The zero-order valence-electron chi connectivity index (χ0n) is 11.6. The van der Waals surface area contributed by atoms with Crippen LogP contribution in [-0.2, 0) is 6.61 Å². The molecule has 0 aromatic heterocycles. The molecule has 0 radical (unpaired) electrons. The summed E-state index contributed by atoms with van der Waals surface area (Å²) in [4.78, 5) is 10.4. The summed E-state index contributed by atoms with van der Waals surface area (Å²) in [5.74, 6) is 1.36. The first-order valence-corrected chi connectivity index (χ1v) is 7.01. The van der Waals surface area contributed by atoms with E-state index in [0.717, 1.165) is 15.8 Å². The number of nitro groups is 1. The van der Waals surface area contributed by atoms with Gasteiger partial charge in [0, 0.05) is 11.6 Å². The SMILES string of the molecule is COc1ccc(COc2ccc([N+](=O)[O-])c(C)c2)cc1Br. The molecule has 0 fully saturated rings. The average Bonchev–Trinajstić information content (AvgIpc) is 2.45. The summed E-state index contributed by atoms with van der Waals surface area (Å²) < 4.78 is 11.7. The Balaban J connectivity index is 2.08. The van der Waals surface area contributed by atoms with Gasteiger partial charge in [-0.15, -0.1) is 0 Å². The third-order valence-corrected chi connectivity index (χ3v) is 3.61. The van der Waals surface area contributed by atoms with Crippen LogP contribution in [0.15, 0.2) is 40.9 Å². The van der Waals surface area contributed by atoms with Crippen molar-refractivity contribution in [2.24, 2.45) is 0 Å². The summed E-state index contributed by atoms with van der Waals surface area (Å²) in [6.07, 6.45) is 0. The van der Waals surface area contributed by atoms with Gasteiger partial charge >= 0.3 is 0 Å². The second-order valence-corrected chi connectivity index (χ2v) is 5.32. The number of aryl methyl sites for hydroxylation is 1. The van der Waals surface area contributed by atoms with Gasteiger partial charge in [-0.2, -0.15) is 0 Å². The Morgan fingerprint density at radius 3 is 2.57 bits per heavy atom. The van der Waals surface area contributed by atoms with E-state index in [2.05, 4.69) is 15.9 Å². The monoisotopic (exact) mass is 351 g/mol. The third kappa shape index (κ3) is 3.72. The van der Waals surface area contributed by atoms with Gasteiger partial charge in [0.1, 0.15) is 18.1 Å². The van der Waals surface area contributed by atoms with Crippen LogP contribution in [-0.4, -0.2) is 12.0 Å². The lowest BCUT2D eigenvalue weighted by Gasteiger charge is -2.09. The van der Waals surface area contributed by atoms with Crippen LogP contribution in [0.5, 0.6) is 11.5 Å². The summed E-state index contributed by atoms with van der Waals surface area (Å²) in [6, 6.07) is 10.4. The van der Waals surface area contributed by atoms with Crippen molar-refractivity contribution in [3.8, 4) is 11.5 Å². The van der Waals surface area contributed by atoms with Crippen molar-refractivity contribution in [1.29, 1.82) is 0 Å². The number of ether oxygens (including phenoxy) is 2. The van der Waals surface area contributed by atoms with Crippen molar-refractivity contribution in [3.05, 3.63) is 62.1 Å². The fourth-order valence-corrected chi connectivity index (χ4v) is 2.48. The maximum Gasteiger partial charge on any atom is 0.272 e. The maximum absolute atomic E-state index is 10.8. The first-order valence-electron chi connectivity index (χ1n) is 6.21. The van der Waals surface area contributed by atoms with Crippen molar-refractivity contribution in [1.82, 2.24) is 0 Å². The molecule has 0 aliphatic heterocycles. The van der Waals surface area contributed by atoms with Gasteiger partial charge in [-0.3, -0.25) is 10.1 Å². The van der Waals surface area contributed by atoms with E-state index in [9.17, 15) is 10.1 Å². The van der Waals surface area contributed by atoms with Crippen LogP contribution in [0.1, 0.15) is 11.1 Å². The largest absolute Gasteiger partial charge is 0.496 e. The number of hydrogen-bond donors (Lipinski definition) is 0. The summed E-state index contributed by atoms with van der Waals surface area (Å²) in [7, 11) is 1.61. The number of nitrogens with zero attached hydrogens (tertiary/aromatic N) is 1. The molecular weight excluding hydrogens is 338 g/mol. The molecule has 0 aliphatic carbocycles. The van der Waals surface area contributed by atoms with Crippen molar-refractivity contribution < 1.29 is 14.4 Å². The molecule has 110 valence electrons. The molecule has 0 spiro atoms. The van der Waals surface area contributed by atoms with E-state index in [1.54, 1.807) is 26.2 Å². The van der Waals surface area contributed by atoms with Gasteiger partial charge in [0.05, 0.1) is 16.5 Å². The summed E-state index contributed by atoms with van der Waals surface area (Å²) in [6.45, 7) is 2.06. The first kappa shape index (κ1) is 15.3. The number of methoxy groups -OCH3 is 1. The number of hydrogen-bond acceptors (Lipinski definition) is 4. The van der Waals surface area contributed by atoms with E-state index in [0.29, 0.717) is 17.9 Å². The van der Waals surface area contributed by atoms with E-state index in [1.165, 1.54) is 6.07 Å². The van der Waals surface area contributed by atoms with Gasteiger partial charge in [0.15, 0.2) is 0 Å². The highest BCUT2D eigenvalue weighted by Crippen LogP contribution is 2.27. The highest BCUT2D eigenvalue weighted by molar-refractivity contribution is 9.10. The Morgan fingerprint density at radius 1 is 1.24 bits per heavy atom. The van der Waals surface area contributed by atoms with Gasteiger partial charge in [-0.1, -0.05) is 6.07 Å². The standard InChI is InChI=1S/C15H14BrNO4/c1-10-7-12(4-5-14(10)17(18)19)21-9-11-3-6-15(20-2)13(16)8-11/h3-8H,9H2,1-2H3. The van der Waals surface area contributed by atoms with Crippen LogP contribution in [0.2, 0.25) is 0 Å². The topological polar surface area (TPSA) is 61.6 Å². The molecule has 2 rings (SSSR count). The normalized spacial score (nSPS) is 10.2. The second-order valence-electron chi connectivity index (χ2n) is 4.46. The van der Waals surface area contributed by atoms with Gasteiger partial charge in [-0.25, -0.2) is 0 Å². The van der Waals surface area contributed by atoms with Crippen molar-refractivity contribution >= 4 is 21.6 Å². The first-order chi connectivity index (χ1) is 10.0. The molecule has 0 amide bonds. The van der Waals surface area contributed by atoms with E-state index < -0.39 is 4.92 Å². The Kier molecular flexibility index (Phi) is 4.80. The minimum absolute atomic E-state index is 0.0922. The van der Waals surface area contributed by atoms with Crippen LogP contribution < -0.4 is 9.47 Å². The van der Waals surface area contributed by atoms with Gasteiger partial charge in [-0.05, 0) is 52.7 Å². The van der Waals surface area contributed by atoms with E-state index in [1.807, 2.05) is 18.2 Å². The third-order valence-electron chi connectivity index (χ3n) is 2.99. The van der Waals surface area contributed by atoms with Crippen molar-refractivity contribution in [2.45, 2.75) is 13.5 Å². The fourth-order valence-electron chi connectivity index (χ4n) is 1.89. The smallest absolute Gasteiger partial charge is 0.272 e. The van der Waals surface area contributed by atoms with Crippen LogP contribution in [0.25, 0.3) is 0 Å². The zero-order chi connectivity index (χ0) is 15.4. The van der Waals surface area contributed by atoms with Gasteiger partial charge in [0.25, 0.3) is 5.69 Å². The molecule has 6 heteroatoms. The molecular formula is C15H14BrNO4. The molecule has 0 atom stereocenters. The summed E-state index contributed by atoms with van der Waals surface area (Å²) in [5, 5.41) is 10.8. The zero-order valence-corrected chi connectivity index (χ0v) is 13.2. The average molecular weight is 352 g/mol. The molecule has 0 bridgehead atoms. The molecule has 0 unspecified atom stereocenters. The molecule has 0 saturated carbocycles. The Labute approximate surface area is 130 Å². The van der Waals surface area contributed by atoms with Crippen molar-refractivity contribution in [3.63, 3.8) is 0 Å². The fraction of sp³-hybridized carbons (Fsp3) is 0.200. The highest BCUT2D eigenvalue weighted by Gasteiger charge is 2.10. The second kappa shape index (κ2) is 6.58. The molecule has 21 heavy (non-hydrogen) atoms.